The second-order valence-corrected chi connectivity index (χ2v) is 6.61. The standard InChI is InChI=1S/C13H19F2NO3S/c1-4-11(8(2)3)16-20(18,19)12-6-9(7-17)5-10(14)13(12)15/h5-6,8,11,16-17H,4,7H2,1-3H3. The van der Waals surface area contributed by atoms with Gasteiger partial charge >= 0.3 is 0 Å². The van der Waals surface area contributed by atoms with Crippen molar-refractivity contribution >= 4 is 10.0 Å². The van der Waals surface area contributed by atoms with Crippen molar-refractivity contribution in [2.24, 2.45) is 5.92 Å². The molecule has 0 saturated carbocycles. The highest BCUT2D eigenvalue weighted by molar-refractivity contribution is 7.89. The predicted molar refractivity (Wildman–Crippen MR) is 71.5 cm³/mol. The lowest BCUT2D eigenvalue weighted by Gasteiger charge is -2.21. The van der Waals surface area contributed by atoms with Crippen LogP contribution in [0, 0.1) is 17.6 Å². The van der Waals surface area contributed by atoms with Crippen LogP contribution in [0.5, 0.6) is 0 Å². The SMILES string of the molecule is CCC(NS(=O)(=O)c1cc(CO)cc(F)c1F)C(C)C. The van der Waals surface area contributed by atoms with E-state index in [1.54, 1.807) is 6.92 Å². The van der Waals surface area contributed by atoms with Gasteiger partial charge in [-0.25, -0.2) is 21.9 Å². The van der Waals surface area contributed by atoms with E-state index in [9.17, 15) is 17.2 Å². The van der Waals surface area contributed by atoms with E-state index in [4.69, 9.17) is 5.11 Å². The fraction of sp³-hybridized carbons (Fsp3) is 0.538. The van der Waals surface area contributed by atoms with Crippen LogP contribution >= 0.6 is 0 Å². The number of aliphatic hydroxyl groups excluding tert-OH is 1. The Morgan fingerprint density at radius 2 is 1.90 bits per heavy atom. The van der Waals surface area contributed by atoms with Gasteiger partial charge < -0.3 is 5.11 Å². The number of hydrogen-bond acceptors (Lipinski definition) is 3. The molecule has 2 N–H and O–H groups in total. The number of hydrogen-bond donors (Lipinski definition) is 2. The lowest BCUT2D eigenvalue weighted by molar-refractivity contribution is 0.280. The molecule has 0 fully saturated rings. The third-order valence-corrected chi connectivity index (χ3v) is 4.57. The molecule has 7 heteroatoms. The average Bonchev–Trinajstić information content (AvgIpc) is 2.38. The summed E-state index contributed by atoms with van der Waals surface area (Å²) in [6.07, 6.45) is 0.528. The minimum Gasteiger partial charge on any atom is -0.392 e. The number of sulfonamides is 1. The van der Waals surface area contributed by atoms with E-state index >= 15 is 0 Å². The summed E-state index contributed by atoms with van der Waals surface area (Å²) in [4.78, 5) is -0.777. The lowest BCUT2D eigenvalue weighted by atomic mass is 10.0. The average molecular weight is 307 g/mol. The molecule has 114 valence electrons. The first-order chi connectivity index (χ1) is 9.22. The summed E-state index contributed by atoms with van der Waals surface area (Å²) < 4.78 is 53.7. The van der Waals surface area contributed by atoms with E-state index in [1.807, 2.05) is 13.8 Å². The highest BCUT2D eigenvalue weighted by Crippen LogP contribution is 2.21. The molecule has 1 unspecified atom stereocenters. The number of aliphatic hydroxyl groups is 1. The fourth-order valence-electron chi connectivity index (χ4n) is 1.86. The van der Waals surface area contributed by atoms with Crippen LogP contribution in [0.25, 0.3) is 0 Å². The van der Waals surface area contributed by atoms with E-state index < -0.39 is 33.2 Å². The van der Waals surface area contributed by atoms with Crippen LogP contribution in [0.1, 0.15) is 32.8 Å². The summed E-state index contributed by atoms with van der Waals surface area (Å²) in [5, 5.41) is 8.96. The zero-order chi connectivity index (χ0) is 15.5. The Bertz CT molecular complexity index is 573. The molecule has 1 aromatic carbocycles. The summed E-state index contributed by atoms with van der Waals surface area (Å²) in [7, 11) is -4.18. The van der Waals surface area contributed by atoms with Gasteiger partial charge in [-0.2, -0.15) is 0 Å². The van der Waals surface area contributed by atoms with Gasteiger partial charge in [0.2, 0.25) is 10.0 Å². The second-order valence-electron chi connectivity index (χ2n) is 4.93. The molecule has 4 nitrogen and oxygen atoms in total. The van der Waals surface area contributed by atoms with Crippen LogP contribution in [0.2, 0.25) is 0 Å². The summed E-state index contributed by atoms with van der Waals surface area (Å²) in [5.41, 5.74) is 0.00173. The maximum absolute atomic E-state index is 13.7. The van der Waals surface area contributed by atoms with Crippen molar-refractivity contribution in [2.45, 2.75) is 44.7 Å². The van der Waals surface area contributed by atoms with Gasteiger partial charge in [0, 0.05) is 6.04 Å². The molecule has 0 aliphatic heterocycles. The first-order valence-corrected chi connectivity index (χ1v) is 7.82. The Morgan fingerprint density at radius 1 is 1.30 bits per heavy atom. The van der Waals surface area contributed by atoms with Crippen molar-refractivity contribution in [2.75, 3.05) is 0 Å². The molecule has 0 saturated heterocycles. The van der Waals surface area contributed by atoms with E-state index in [0.29, 0.717) is 6.42 Å². The van der Waals surface area contributed by atoms with Crippen LogP contribution in [-0.4, -0.2) is 19.6 Å². The summed E-state index contributed by atoms with van der Waals surface area (Å²) in [5.74, 6) is -2.72. The first-order valence-electron chi connectivity index (χ1n) is 6.34. The third kappa shape index (κ3) is 3.74. The van der Waals surface area contributed by atoms with E-state index in [0.717, 1.165) is 12.1 Å². The molecule has 0 spiro atoms. The Hall–Kier alpha value is -1.05. The van der Waals surface area contributed by atoms with Crippen LogP contribution < -0.4 is 4.72 Å². The molecular formula is C13H19F2NO3S. The minimum atomic E-state index is -4.18. The first kappa shape index (κ1) is 17.0. The predicted octanol–water partition coefficient (Wildman–Crippen LogP) is 2.17. The molecule has 1 rings (SSSR count). The van der Waals surface area contributed by atoms with Crippen molar-refractivity contribution in [3.05, 3.63) is 29.3 Å². The molecule has 0 aliphatic rings. The smallest absolute Gasteiger partial charge is 0.243 e. The van der Waals surface area contributed by atoms with Crippen molar-refractivity contribution < 1.29 is 22.3 Å². The molecule has 0 amide bonds. The summed E-state index contributed by atoms with van der Waals surface area (Å²) in [6, 6.07) is 1.34. The van der Waals surface area contributed by atoms with E-state index in [1.165, 1.54) is 0 Å². The molecule has 20 heavy (non-hydrogen) atoms. The normalized spacial score (nSPS) is 13.8. The highest BCUT2D eigenvalue weighted by atomic mass is 32.2. The zero-order valence-corrected chi connectivity index (χ0v) is 12.5. The van der Waals surface area contributed by atoms with Gasteiger partial charge in [0.25, 0.3) is 0 Å². The molecule has 0 bridgehead atoms. The second kappa shape index (κ2) is 6.60. The Kier molecular flexibility index (Phi) is 5.61. The van der Waals surface area contributed by atoms with Crippen LogP contribution in [-0.2, 0) is 16.6 Å². The Balaban J connectivity index is 3.25. The number of nitrogens with one attached hydrogen (secondary N) is 1. The summed E-state index contributed by atoms with van der Waals surface area (Å²) >= 11 is 0. The van der Waals surface area contributed by atoms with Crippen molar-refractivity contribution in [3.8, 4) is 0 Å². The quantitative estimate of drug-likeness (QED) is 0.846. The van der Waals surface area contributed by atoms with E-state index in [-0.39, 0.29) is 17.5 Å². The third-order valence-electron chi connectivity index (χ3n) is 3.08. The molecular weight excluding hydrogens is 288 g/mol. The minimum absolute atomic E-state index is 0.00173. The Labute approximate surface area is 117 Å². The van der Waals surface area contributed by atoms with Crippen LogP contribution in [0.4, 0.5) is 8.78 Å². The molecule has 0 heterocycles. The van der Waals surface area contributed by atoms with Crippen molar-refractivity contribution in [3.63, 3.8) is 0 Å². The topological polar surface area (TPSA) is 66.4 Å². The Morgan fingerprint density at radius 3 is 2.35 bits per heavy atom. The highest BCUT2D eigenvalue weighted by Gasteiger charge is 2.26. The maximum atomic E-state index is 13.7. The molecule has 0 aliphatic carbocycles. The lowest BCUT2D eigenvalue weighted by Crippen LogP contribution is -2.38. The van der Waals surface area contributed by atoms with Crippen molar-refractivity contribution in [1.82, 2.24) is 4.72 Å². The molecule has 1 aromatic rings. The van der Waals surface area contributed by atoms with Gasteiger partial charge in [-0.05, 0) is 30.0 Å². The molecule has 1 atom stereocenters. The van der Waals surface area contributed by atoms with Gasteiger partial charge in [0.05, 0.1) is 6.61 Å². The number of benzene rings is 1. The number of halogens is 2. The molecule has 0 aromatic heterocycles. The van der Waals surface area contributed by atoms with Gasteiger partial charge in [0.15, 0.2) is 11.6 Å². The van der Waals surface area contributed by atoms with Crippen LogP contribution in [0.15, 0.2) is 17.0 Å². The molecule has 0 radical (unpaired) electrons. The van der Waals surface area contributed by atoms with Crippen LogP contribution in [0.3, 0.4) is 0 Å². The largest absolute Gasteiger partial charge is 0.392 e. The van der Waals surface area contributed by atoms with Gasteiger partial charge in [0.1, 0.15) is 4.90 Å². The monoisotopic (exact) mass is 307 g/mol. The number of rotatable bonds is 6. The van der Waals surface area contributed by atoms with Gasteiger partial charge in [-0.15, -0.1) is 0 Å². The zero-order valence-electron chi connectivity index (χ0n) is 11.7. The van der Waals surface area contributed by atoms with Crippen molar-refractivity contribution in [1.29, 1.82) is 0 Å². The van der Waals surface area contributed by atoms with E-state index in [2.05, 4.69) is 4.72 Å². The van der Waals surface area contributed by atoms with Gasteiger partial charge in [-0.1, -0.05) is 20.8 Å². The maximum Gasteiger partial charge on any atom is 0.243 e. The summed E-state index contributed by atoms with van der Waals surface area (Å²) in [6.45, 7) is 4.89. The fourth-order valence-corrected chi connectivity index (χ4v) is 3.46. The van der Waals surface area contributed by atoms with Gasteiger partial charge in [-0.3, -0.25) is 0 Å².